The van der Waals surface area contributed by atoms with Crippen molar-refractivity contribution >= 4 is 50.5 Å². The first-order valence-electron chi connectivity index (χ1n) is 9.76. The molecule has 1 aliphatic carbocycles. The van der Waals surface area contributed by atoms with E-state index in [1.165, 1.54) is 19.2 Å². The van der Waals surface area contributed by atoms with Gasteiger partial charge in [-0.2, -0.15) is 0 Å². The van der Waals surface area contributed by atoms with Crippen LogP contribution in [0.25, 0.3) is 10.2 Å². The highest BCUT2D eigenvalue weighted by atomic mass is 35.5. The van der Waals surface area contributed by atoms with Gasteiger partial charge >= 0.3 is 0 Å². The fourth-order valence-corrected chi connectivity index (χ4v) is 4.39. The smallest absolute Gasteiger partial charge is 0.260 e. The quantitative estimate of drug-likeness (QED) is 0.461. The van der Waals surface area contributed by atoms with Crippen LogP contribution in [0.5, 0.6) is 5.75 Å². The van der Waals surface area contributed by atoms with Crippen LogP contribution in [-0.4, -0.2) is 23.8 Å². The van der Waals surface area contributed by atoms with Gasteiger partial charge in [-0.05, 0) is 43.2 Å². The molecule has 1 fully saturated rings. The van der Waals surface area contributed by atoms with Gasteiger partial charge < -0.3 is 10.1 Å². The number of nitrogens with one attached hydrogen (secondary N) is 1. The number of benzene rings is 2. The molecule has 0 atom stereocenters. The van der Waals surface area contributed by atoms with E-state index in [-0.39, 0.29) is 23.0 Å². The number of nitrogens with zero attached hydrogens (tertiary/aromatic N) is 1. The number of halogens is 2. The molecule has 30 heavy (non-hydrogen) atoms. The van der Waals surface area contributed by atoms with Crippen molar-refractivity contribution in [3.8, 4) is 5.75 Å². The van der Waals surface area contributed by atoms with Crippen molar-refractivity contribution in [2.24, 2.45) is 5.92 Å². The SMILES string of the molecule is CC.COc1ccc2nc(Cl)sc2c1C(=O)Nc1cc(F)ccc1C(=O)C1CCC1. The van der Waals surface area contributed by atoms with Gasteiger partial charge in [0, 0.05) is 11.5 Å². The third-order valence-corrected chi connectivity index (χ3v) is 6.10. The summed E-state index contributed by atoms with van der Waals surface area (Å²) >= 11 is 7.15. The number of ether oxygens (including phenoxy) is 1. The monoisotopic (exact) mass is 448 g/mol. The molecule has 1 heterocycles. The zero-order valence-corrected chi connectivity index (χ0v) is 18.5. The second-order valence-electron chi connectivity index (χ2n) is 6.59. The van der Waals surface area contributed by atoms with E-state index in [1.54, 1.807) is 12.1 Å². The molecule has 8 heteroatoms. The van der Waals surface area contributed by atoms with E-state index >= 15 is 0 Å². The third-order valence-electron chi connectivity index (χ3n) is 4.91. The molecule has 158 valence electrons. The molecule has 0 spiro atoms. The van der Waals surface area contributed by atoms with Crippen LogP contribution in [-0.2, 0) is 0 Å². The molecule has 0 aliphatic heterocycles. The molecule has 0 radical (unpaired) electrons. The number of rotatable bonds is 5. The van der Waals surface area contributed by atoms with Crippen molar-refractivity contribution in [2.75, 3.05) is 12.4 Å². The second-order valence-corrected chi connectivity index (χ2v) is 8.18. The summed E-state index contributed by atoms with van der Waals surface area (Å²) in [6.45, 7) is 4.00. The van der Waals surface area contributed by atoms with E-state index in [9.17, 15) is 14.0 Å². The van der Waals surface area contributed by atoms with Crippen molar-refractivity contribution < 1.29 is 18.7 Å². The number of hydrogen-bond donors (Lipinski definition) is 1. The highest BCUT2D eigenvalue weighted by Gasteiger charge is 2.29. The molecule has 2 aromatic carbocycles. The molecule has 4 rings (SSSR count). The van der Waals surface area contributed by atoms with Crippen LogP contribution < -0.4 is 10.1 Å². The van der Waals surface area contributed by atoms with Gasteiger partial charge in [0.15, 0.2) is 10.3 Å². The summed E-state index contributed by atoms with van der Waals surface area (Å²) in [5, 5.41) is 2.68. The van der Waals surface area contributed by atoms with Crippen LogP contribution in [0.2, 0.25) is 4.47 Å². The Morgan fingerprint density at radius 1 is 1.23 bits per heavy atom. The number of carbonyl (C=O) groups excluding carboxylic acids is 2. The highest BCUT2D eigenvalue weighted by molar-refractivity contribution is 7.22. The van der Waals surface area contributed by atoms with Crippen molar-refractivity contribution in [3.63, 3.8) is 0 Å². The predicted molar refractivity (Wildman–Crippen MR) is 119 cm³/mol. The molecular weight excluding hydrogens is 427 g/mol. The first-order valence-corrected chi connectivity index (χ1v) is 11.0. The Bertz CT molecular complexity index is 1100. The highest BCUT2D eigenvalue weighted by Crippen LogP contribution is 2.36. The molecule has 1 aliphatic rings. The van der Waals surface area contributed by atoms with Gasteiger partial charge in [-0.3, -0.25) is 9.59 Å². The number of ketones is 1. The van der Waals surface area contributed by atoms with Gasteiger partial charge in [0.25, 0.3) is 5.91 Å². The van der Waals surface area contributed by atoms with E-state index in [0.29, 0.717) is 26.0 Å². The Labute approximate surface area is 183 Å². The molecule has 0 bridgehead atoms. The molecule has 1 N–H and O–H groups in total. The predicted octanol–water partition coefficient (Wildman–Crippen LogP) is 6.36. The first-order chi connectivity index (χ1) is 14.5. The summed E-state index contributed by atoms with van der Waals surface area (Å²) in [6, 6.07) is 7.15. The molecule has 3 aromatic rings. The summed E-state index contributed by atoms with van der Waals surface area (Å²) < 4.78 is 20.0. The van der Waals surface area contributed by atoms with Gasteiger partial charge in [0.05, 0.1) is 23.0 Å². The van der Waals surface area contributed by atoms with Crippen LogP contribution in [0.4, 0.5) is 10.1 Å². The standard InChI is InChI=1S/C20H16ClFN2O3S.C2H6/c1-27-15-8-7-13-18(28-20(21)24-13)16(15)19(26)23-14-9-11(22)5-6-12(14)17(25)10-3-2-4-10;1-2/h5-10H,2-4H2,1H3,(H,23,26);1-2H3. The van der Waals surface area contributed by atoms with Gasteiger partial charge in [0.1, 0.15) is 17.1 Å². The first kappa shape index (κ1) is 22.2. The molecule has 0 unspecified atom stereocenters. The number of carbonyl (C=O) groups is 2. The zero-order chi connectivity index (χ0) is 21.8. The van der Waals surface area contributed by atoms with Crippen molar-refractivity contribution in [2.45, 2.75) is 33.1 Å². The summed E-state index contributed by atoms with van der Waals surface area (Å²) in [5.74, 6) is -0.858. The summed E-state index contributed by atoms with van der Waals surface area (Å²) in [6.07, 6.45) is 2.64. The lowest BCUT2D eigenvalue weighted by Gasteiger charge is -2.25. The van der Waals surface area contributed by atoms with Gasteiger partial charge in [0.2, 0.25) is 0 Å². The van der Waals surface area contributed by atoms with Crippen LogP contribution in [0.3, 0.4) is 0 Å². The molecule has 1 saturated carbocycles. The average molecular weight is 449 g/mol. The lowest BCUT2D eigenvalue weighted by Crippen LogP contribution is -2.24. The maximum absolute atomic E-state index is 13.8. The number of hydrogen-bond acceptors (Lipinski definition) is 5. The molecule has 1 amide bonds. The van der Waals surface area contributed by atoms with Crippen molar-refractivity contribution in [1.29, 1.82) is 0 Å². The van der Waals surface area contributed by atoms with Crippen LogP contribution in [0.15, 0.2) is 30.3 Å². The van der Waals surface area contributed by atoms with E-state index in [1.807, 2.05) is 13.8 Å². The van der Waals surface area contributed by atoms with Crippen molar-refractivity contribution in [1.82, 2.24) is 4.98 Å². The van der Waals surface area contributed by atoms with Crippen LogP contribution in [0, 0.1) is 11.7 Å². The van der Waals surface area contributed by atoms with Crippen LogP contribution in [0.1, 0.15) is 53.8 Å². The molecule has 1 aromatic heterocycles. The summed E-state index contributed by atoms with van der Waals surface area (Å²) in [5.41, 5.74) is 1.27. The Morgan fingerprint density at radius 2 is 1.97 bits per heavy atom. The van der Waals surface area contributed by atoms with E-state index in [4.69, 9.17) is 16.3 Å². The van der Waals surface area contributed by atoms with E-state index < -0.39 is 11.7 Å². The Hall–Kier alpha value is -2.51. The number of amides is 1. The Kier molecular flexibility index (Phi) is 7.05. The lowest BCUT2D eigenvalue weighted by molar-refractivity contribution is 0.0856. The minimum atomic E-state index is -0.536. The maximum atomic E-state index is 13.8. The zero-order valence-electron chi connectivity index (χ0n) is 16.9. The molecule has 0 saturated heterocycles. The number of anilines is 1. The lowest BCUT2D eigenvalue weighted by atomic mass is 9.79. The van der Waals surface area contributed by atoms with E-state index in [2.05, 4.69) is 10.3 Å². The van der Waals surface area contributed by atoms with Gasteiger partial charge in [-0.25, -0.2) is 9.37 Å². The van der Waals surface area contributed by atoms with Crippen LogP contribution >= 0.6 is 22.9 Å². The number of fused-ring (bicyclic) bond motifs is 1. The minimum Gasteiger partial charge on any atom is -0.496 e. The number of Topliss-reactive ketones (excluding diaryl/α,β-unsaturated/α-hetero) is 1. The fraction of sp³-hybridized carbons (Fsp3) is 0.318. The minimum absolute atomic E-state index is 0.0700. The third kappa shape index (κ3) is 4.32. The molecular formula is C22H22ClFN2O3S. The summed E-state index contributed by atoms with van der Waals surface area (Å²) in [4.78, 5) is 29.9. The molecule has 5 nitrogen and oxygen atoms in total. The van der Waals surface area contributed by atoms with Crippen molar-refractivity contribution in [3.05, 3.63) is 51.7 Å². The number of thiazole rings is 1. The topological polar surface area (TPSA) is 68.3 Å². The Morgan fingerprint density at radius 3 is 2.60 bits per heavy atom. The maximum Gasteiger partial charge on any atom is 0.260 e. The average Bonchev–Trinajstić information content (AvgIpc) is 3.07. The second kappa shape index (κ2) is 9.53. The fourth-order valence-electron chi connectivity index (χ4n) is 3.24. The van der Waals surface area contributed by atoms with Gasteiger partial charge in [-0.15, -0.1) is 11.3 Å². The van der Waals surface area contributed by atoms with E-state index in [0.717, 1.165) is 36.7 Å². The Balaban J connectivity index is 0.00000124. The number of aromatic nitrogens is 1. The number of methoxy groups -OCH3 is 1. The largest absolute Gasteiger partial charge is 0.496 e. The normalized spacial score (nSPS) is 13.2. The summed E-state index contributed by atoms with van der Waals surface area (Å²) in [7, 11) is 1.45. The van der Waals surface area contributed by atoms with Gasteiger partial charge in [-0.1, -0.05) is 31.9 Å².